The molecule has 0 heterocycles. The van der Waals surface area contributed by atoms with E-state index in [0.717, 1.165) is 24.4 Å². The van der Waals surface area contributed by atoms with Crippen molar-refractivity contribution in [3.05, 3.63) is 35.9 Å². The number of benzene rings is 1. The molecule has 0 saturated heterocycles. The predicted molar refractivity (Wildman–Crippen MR) is 77.5 cm³/mol. The van der Waals surface area contributed by atoms with Crippen molar-refractivity contribution >= 4 is 5.91 Å². The Morgan fingerprint density at radius 1 is 1.37 bits per heavy atom. The molecule has 0 aromatic heterocycles. The first-order valence-corrected chi connectivity index (χ1v) is 7.15. The van der Waals surface area contributed by atoms with Crippen LogP contribution in [0, 0.1) is 11.8 Å². The minimum atomic E-state index is -0.724. The molecule has 1 aliphatic rings. The van der Waals surface area contributed by atoms with Crippen molar-refractivity contribution in [1.82, 2.24) is 5.32 Å². The first kappa shape index (κ1) is 14.1. The summed E-state index contributed by atoms with van der Waals surface area (Å²) in [6, 6.07) is 9.88. The number of nitrogens with two attached hydrogens (primary N) is 1. The molecule has 3 heteroatoms. The molecule has 3 nitrogen and oxygen atoms in total. The maximum absolute atomic E-state index is 12.2. The summed E-state index contributed by atoms with van der Waals surface area (Å²) in [5.41, 5.74) is 6.02. The van der Waals surface area contributed by atoms with Gasteiger partial charge < -0.3 is 5.73 Å². The predicted octanol–water partition coefficient (Wildman–Crippen LogP) is 2.41. The van der Waals surface area contributed by atoms with Crippen LogP contribution in [-0.2, 0) is 10.3 Å². The number of primary amides is 1. The van der Waals surface area contributed by atoms with Crippen molar-refractivity contribution in [2.45, 2.75) is 38.6 Å². The lowest BCUT2D eigenvalue weighted by atomic mass is 9.81. The van der Waals surface area contributed by atoms with E-state index >= 15 is 0 Å². The highest BCUT2D eigenvalue weighted by molar-refractivity contribution is 5.86. The maximum atomic E-state index is 12.2. The Balaban J connectivity index is 2.29. The minimum Gasteiger partial charge on any atom is -0.368 e. The van der Waals surface area contributed by atoms with Crippen LogP contribution in [0.15, 0.2) is 30.3 Å². The Hall–Kier alpha value is -1.35. The van der Waals surface area contributed by atoms with E-state index in [0.29, 0.717) is 5.92 Å². The largest absolute Gasteiger partial charge is 0.368 e. The van der Waals surface area contributed by atoms with Gasteiger partial charge in [-0.15, -0.1) is 0 Å². The summed E-state index contributed by atoms with van der Waals surface area (Å²) in [4.78, 5) is 12.2. The molecule has 1 unspecified atom stereocenters. The molecule has 1 aromatic rings. The Morgan fingerprint density at radius 3 is 2.47 bits per heavy atom. The van der Waals surface area contributed by atoms with Gasteiger partial charge >= 0.3 is 0 Å². The average Bonchev–Trinajstić information content (AvgIpc) is 3.19. The van der Waals surface area contributed by atoms with E-state index in [4.69, 9.17) is 5.73 Å². The monoisotopic (exact) mass is 260 g/mol. The number of nitrogens with one attached hydrogen (secondary N) is 1. The highest BCUT2D eigenvalue weighted by Crippen LogP contribution is 2.33. The van der Waals surface area contributed by atoms with Gasteiger partial charge in [0.2, 0.25) is 5.91 Å². The SMILES string of the molecule is CC(C)CC(NCC1CC1)(C(N)=O)c1ccccc1. The Labute approximate surface area is 115 Å². The Kier molecular flexibility index (Phi) is 4.25. The topological polar surface area (TPSA) is 55.1 Å². The van der Waals surface area contributed by atoms with Crippen molar-refractivity contribution in [1.29, 1.82) is 0 Å². The molecule has 104 valence electrons. The van der Waals surface area contributed by atoms with Gasteiger partial charge in [0.1, 0.15) is 5.54 Å². The summed E-state index contributed by atoms with van der Waals surface area (Å²) in [6.07, 6.45) is 3.26. The second-order valence-electron chi connectivity index (χ2n) is 6.06. The minimum absolute atomic E-state index is 0.270. The number of hydrogen-bond donors (Lipinski definition) is 2. The van der Waals surface area contributed by atoms with Crippen LogP contribution in [0.2, 0.25) is 0 Å². The molecule has 1 amide bonds. The van der Waals surface area contributed by atoms with Crippen molar-refractivity contribution in [3.8, 4) is 0 Å². The molecule has 0 aliphatic heterocycles. The third-order valence-electron chi connectivity index (χ3n) is 3.79. The smallest absolute Gasteiger partial charge is 0.242 e. The van der Waals surface area contributed by atoms with Crippen molar-refractivity contribution in [3.63, 3.8) is 0 Å². The zero-order chi connectivity index (χ0) is 13.9. The maximum Gasteiger partial charge on any atom is 0.242 e. The molecule has 1 fully saturated rings. The van der Waals surface area contributed by atoms with Gasteiger partial charge in [0.25, 0.3) is 0 Å². The molecular formula is C16H24N2O. The molecule has 19 heavy (non-hydrogen) atoms. The number of amides is 1. The van der Waals surface area contributed by atoms with Crippen LogP contribution in [0.5, 0.6) is 0 Å². The van der Waals surface area contributed by atoms with Crippen LogP contribution >= 0.6 is 0 Å². The summed E-state index contributed by atoms with van der Waals surface area (Å²) < 4.78 is 0. The summed E-state index contributed by atoms with van der Waals surface area (Å²) in [6.45, 7) is 5.13. The van der Waals surface area contributed by atoms with Gasteiger partial charge in [0.15, 0.2) is 0 Å². The van der Waals surface area contributed by atoms with Crippen molar-refractivity contribution in [2.75, 3.05) is 6.54 Å². The van der Waals surface area contributed by atoms with Gasteiger partial charge in [-0.25, -0.2) is 0 Å². The highest BCUT2D eigenvalue weighted by atomic mass is 16.1. The lowest BCUT2D eigenvalue weighted by Crippen LogP contribution is -2.54. The fourth-order valence-electron chi connectivity index (χ4n) is 2.60. The first-order chi connectivity index (χ1) is 9.04. The average molecular weight is 260 g/mol. The molecule has 0 radical (unpaired) electrons. The molecule has 3 N–H and O–H groups in total. The quantitative estimate of drug-likeness (QED) is 0.791. The molecule has 0 bridgehead atoms. The van der Waals surface area contributed by atoms with Crippen LogP contribution in [0.3, 0.4) is 0 Å². The molecule has 1 saturated carbocycles. The first-order valence-electron chi connectivity index (χ1n) is 7.15. The van der Waals surface area contributed by atoms with E-state index < -0.39 is 5.54 Å². The second kappa shape index (κ2) is 5.74. The number of carbonyl (C=O) groups is 1. The Morgan fingerprint density at radius 2 is 2.00 bits per heavy atom. The van der Waals surface area contributed by atoms with E-state index in [-0.39, 0.29) is 5.91 Å². The molecule has 1 aliphatic carbocycles. The lowest BCUT2D eigenvalue weighted by Gasteiger charge is -2.34. The standard InChI is InChI=1S/C16H24N2O/c1-12(2)10-16(15(17)19,18-11-13-8-9-13)14-6-4-3-5-7-14/h3-7,12-13,18H,8-11H2,1-2H3,(H2,17,19). The van der Waals surface area contributed by atoms with Crippen molar-refractivity contribution < 1.29 is 4.79 Å². The van der Waals surface area contributed by atoms with E-state index in [9.17, 15) is 4.79 Å². The zero-order valence-electron chi connectivity index (χ0n) is 11.9. The van der Waals surface area contributed by atoms with E-state index in [1.54, 1.807) is 0 Å². The van der Waals surface area contributed by atoms with E-state index in [1.165, 1.54) is 12.8 Å². The summed E-state index contributed by atoms with van der Waals surface area (Å²) in [5.74, 6) is 0.849. The van der Waals surface area contributed by atoms with Crippen LogP contribution in [0.1, 0.15) is 38.7 Å². The van der Waals surface area contributed by atoms with Gasteiger partial charge in [-0.1, -0.05) is 44.2 Å². The van der Waals surface area contributed by atoms with Crippen LogP contribution < -0.4 is 11.1 Å². The normalized spacial score (nSPS) is 18.3. The Bertz CT molecular complexity index is 426. The number of carbonyl (C=O) groups excluding carboxylic acids is 1. The highest BCUT2D eigenvalue weighted by Gasteiger charge is 2.39. The van der Waals surface area contributed by atoms with Crippen molar-refractivity contribution in [2.24, 2.45) is 17.6 Å². The summed E-state index contributed by atoms with van der Waals surface area (Å²) in [7, 11) is 0. The molecule has 1 aromatic carbocycles. The fraction of sp³-hybridized carbons (Fsp3) is 0.562. The van der Waals surface area contributed by atoms with Gasteiger partial charge in [-0.05, 0) is 43.2 Å². The van der Waals surface area contributed by atoms with Crippen LogP contribution in [-0.4, -0.2) is 12.5 Å². The van der Waals surface area contributed by atoms with Gasteiger partial charge in [0, 0.05) is 0 Å². The zero-order valence-corrected chi connectivity index (χ0v) is 11.9. The molecular weight excluding hydrogens is 236 g/mol. The van der Waals surface area contributed by atoms with Gasteiger partial charge in [0.05, 0.1) is 0 Å². The van der Waals surface area contributed by atoms with E-state index in [1.807, 2.05) is 30.3 Å². The van der Waals surface area contributed by atoms with Crippen LogP contribution in [0.4, 0.5) is 0 Å². The second-order valence-corrected chi connectivity index (χ2v) is 6.06. The summed E-state index contributed by atoms with van der Waals surface area (Å²) >= 11 is 0. The van der Waals surface area contributed by atoms with Gasteiger partial charge in [-0.2, -0.15) is 0 Å². The number of hydrogen-bond acceptors (Lipinski definition) is 2. The van der Waals surface area contributed by atoms with E-state index in [2.05, 4.69) is 19.2 Å². The lowest BCUT2D eigenvalue weighted by molar-refractivity contribution is -0.125. The molecule has 2 rings (SSSR count). The summed E-state index contributed by atoms with van der Waals surface area (Å²) in [5, 5.41) is 3.47. The number of rotatable bonds is 7. The molecule has 1 atom stereocenters. The molecule has 0 spiro atoms. The third kappa shape index (κ3) is 3.35. The third-order valence-corrected chi connectivity index (χ3v) is 3.79. The van der Waals surface area contributed by atoms with Crippen LogP contribution in [0.25, 0.3) is 0 Å². The fourth-order valence-corrected chi connectivity index (χ4v) is 2.60. The van der Waals surface area contributed by atoms with Gasteiger partial charge in [-0.3, -0.25) is 10.1 Å².